The molecule has 0 bridgehead atoms. The Kier molecular flexibility index (Phi) is 4.22. The van der Waals surface area contributed by atoms with Crippen molar-refractivity contribution >= 4 is 5.82 Å². The van der Waals surface area contributed by atoms with E-state index >= 15 is 0 Å². The maximum absolute atomic E-state index is 4.45. The van der Waals surface area contributed by atoms with E-state index in [-0.39, 0.29) is 0 Å². The first-order chi connectivity index (χ1) is 11.7. The highest BCUT2D eigenvalue weighted by Crippen LogP contribution is 2.28. The molecule has 0 unspecified atom stereocenters. The number of hydrogen-bond donors (Lipinski definition) is 1. The van der Waals surface area contributed by atoms with Crippen molar-refractivity contribution in [3.8, 4) is 5.82 Å². The van der Waals surface area contributed by atoms with E-state index < -0.39 is 0 Å². The summed E-state index contributed by atoms with van der Waals surface area (Å²) in [4.78, 5) is 2.67. The summed E-state index contributed by atoms with van der Waals surface area (Å²) >= 11 is 0. The van der Waals surface area contributed by atoms with E-state index in [1.165, 1.54) is 45.2 Å². The van der Waals surface area contributed by atoms with Crippen LogP contribution in [-0.4, -0.2) is 50.1 Å². The maximum Gasteiger partial charge on any atom is 0.176 e. The molecule has 1 aliphatic heterocycles. The van der Waals surface area contributed by atoms with Crippen LogP contribution in [0, 0.1) is 13.8 Å². The molecule has 0 spiro atoms. The van der Waals surface area contributed by atoms with Crippen molar-refractivity contribution in [2.24, 2.45) is 0 Å². The fraction of sp³-hybridized carbons (Fsp3) is 0.611. The summed E-state index contributed by atoms with van der Waals surface area (Å²) in [6.07, 6.45) is 6.60. The van der Waals surface area contributed by atoms with Crippen LogP contribution in [-0.2, 0) is 0 Å². The van der Waals surface area contributed by atoms with E-state index in [2.05, 4.69) is 25.5 Å². The molecule has 0 atom stereocenters. The number of piperidine rings is 1. The lowest BCUT2D eigenvalue weighted by Crippen LogP contribution is -2.47. The van der Waals surface area contributed by atoms with E-state index in [0.717, 1.165) is 29.1 Å². The molecular formula is C18H26N6. The number of likely N-dealkylation sites (tertiary alicyclic amines) is 1. The largest absolute Gasteiger partial charge is 0.366 e. The molecule has 6 nitrogen and oxygen atoms in total. The Labute approximate surface area is 143 Å². The minimum absolute atomic E-state index is 0.509. The second-order valence-electron chi connectivity index (χ2n) is 7.15. The number of aromatic nitrogens is 4. The van der Waals surface area contributed by atoms with Crippen molar-refractivity contribution in [3.05, 3.63) is 29.6 Å². The van der Waals surface area contributed by atoms with E-state index in [0.29, 0.717) is 6.04 Å². The van der Waals surface area contributed by atoms with Crippen molar-refractivity contribution in [1.29, 1.82) is 0 Å². The van der Waals surface area contributed by atoms with Gasteiger partial charge in [0.25, 0.3) is 0 Å². The highest BCUT2D eigenvalue weighted by atomic mass is 15.4. The van der Waals surface area contributed by atoms with Crippen molar-refractivity contribution in [1.82, 2.24) is 24.9 Å². The normalized spacial score (nSPS) is 20.1. The Morgan fingerprint density at radius 3 is 2.38 bits per heavy atom. The Morgan fingerprint density at radius 2 is 1.83 bits per heavy atom. The Morgan fingerprint density at radius 1 is 1.04 bits per heavy atom. The number of rotatable bonds is 4. The van der Waals surface area contributed by atoms with Crippen LogP contribution in [0.5, 0.6) is 0 Å². The third-order valence-corrected chi connectivity index (χ3v) is 5.35. The van der Waals surface area contributed by atoms with Gasteiger partial charge in [-0.25, -0.2) is 4.68 Å². The molecule has 1 saturated carbocycles. The molecule has 3 heterocycles. The molecule has 0 aromatic carbocycles. The van der Waals surface area contributed by atoms with Gasteiger partial charge < -0.3 is 10.2 Å². The number of nitrogens with one attached hydrogen (secondary N) is 1. The molecule has 2 aliphatic rings. The maximum atomic E-state index is 4.45. The molecule has 24 heavy (non-hydrogen) atoms. The summed E-state index contributed by atoms with van der Waals surface area (Å²) in [5, 5.41) is 16.7. The second kappa shape index (κ2) is 6.51. The molecule has 1 N–H and O–H groups in total. The van der Waals surface area contributed by atoms with Gasteiger partial charge in [-0.1, -0.05) is 6.42 Å². The lowest BCUT2D eigenvalue weighted by molar-refractivity contribution is 0.101. The standard InChI is InChI=1S/C18H26N6/c1-13-12-14(2)24(22-13)18-7-6-17(20-21-18)19-15-8-10-23(11-9-15)16-4-3-5-16/h6-7,12,15-16H,3-5,8-11H2,1-2H3,(H,19,20). The minimum Gasteiger partial charge on any atom is -0.366 e. The van der Waals surface area contributed by atoms with Gasteiger partial charge in [0.2, 0.25) is 0 Å². The molecule has 128 valence electrons. The third-order valence-electron chi connectivity index (χ3n) is 5.35. The Bertz CT molecular complexity index is 680. The highest BCUT2D eigenvalue weighted by molar-refractivity contribution is 5.38. The summed E-state index contributed by atoms with van der Waals surface area (Å²) in [5.41, 5.74) is 2.07. The number of anilines is 1. The average molecular weight is 326 g/mol. The second-order valence-corrected chi connectivity index (χ2v) is 7.15. The molecule has 4 rings (SSSR count). The van der Waals surface area contributed by atoms with Crippen molar-refractivity contribution < 1.29 is 0 Å². The Hall–Kier alpha value is -1.95. The molecule has 1 aliphatic carbocycles. The zero-order chi connectivity index (χ0) is 16.5. The van der Waals surface area contributed by atoms with Gasteiger partial charge in [-0.2, -0.15) is 5.10 Å². The smallest absolute Gasteiger partial charge is 0.176 e. The number of aryl methyl sites for hydroxylation is 2. The van der Waals surface area contributed by atoms with Crippen molar-refractivity contribution in [2.45, 2.75) is 58.0 Å². The Balaban J connectivity index is 1.35. The molecule has 2 aromatic rings. The van der Waals surface area contributed by atoms with Crippen LogP contribution in [0.2, 0.25) is 0 Å². The predicted octanol–water partition coefficient (Wildman–Crippen LogP) is 2.71. The van der Waals surface area contributed by atoms with Gasteiger partial charge >= 0.3 is 0 Å². The molecular weight excluding hydrogens is 300 g/mol. The molecule has 2 fully saturated rings. The predicted molar refractivity (Wildman–Crippen MR) is 94.5 cm³/mol. The van der Waals surface area contributed by atoms with Crippen LogP contribution in [0.3, 0.4) is 0 Å². The lowest BCUT2D eigenvalue weighted by Gasteiger charge is -2.41. The first-order valence-electron chi connectivity index (χ1n) is 9.07. The molecule has 6 heteroatoms. The first-order valence-corrected chi connectivity index (χ1v) is 9.07. The highest BCUT2D eigenvalue weighted by Gasteiger charge is 2.28. The van der Waals surface area contributed by atoms with E-state index in [4.69, 9.17) is 0 Å². The van der Waals surface area contributed by atoms with Crippen LogP contribution in [0.1, 0.15) is 43.5 Å². The van der Waals surface area contributed by atoms with Crippen LogP contribution < -0.4 is 5.32 Å². The fourth-order valence-electron chi connectivity index (χ4n) is 3.75. The fourth-order valence-corrected chi connectivity index (χ4v) is 3.75. The van der Waals surface area contributed by atoms with E-state index in [9.17, 15) is 0 Å². The van der Waals surface area contributed by atoms with E-state index in [1.54, 1.807) is 0 Å². The van der Waals surface area contributed by atoms with Gasteiger partial charge in [-0.05, 0) is 57.7 Å². The number of hydrogen-bond acceptors (Lipinski definition) is 5. The average Bonchev–Trinajstić information content (AvgIpc) is 2.87. The lowest BCUT2D eigenvalue weighted by atomic mass is 9.89. The van der Waals surface area contributed by atoms with Gasteiger partial charge in [0.1, 0.15) is 5.82 Å². The zero-order valence-electron chi connectivity index (χ0n) is 14.6. The van der Waals surface area contributed by atoms with Gasteiger partial charge in [0.15, 0.2) is 5.82 Å². The number of nitrogens with zero attached hydrogens (tertiary/aromatic N) is 5. The molecule has 1 saturated heterocycles. The summed E-state index contributed by atoms with van der Waals surface area (Å²) < 4.78 is 1.84. The monoisotopic (exact) mass is 326 g/mol. The van der Waals surface area contributed by atoms with Gasteiger partial charge in [-0.3, -0.25) is 0 Å². The van der Waals surface area contributed by atoms with Gasteiger partial charge in [-0.15, -0.1) is 10.2 Å². The summed E-state index contributed by atoms with van der Waals surface area (Å²) in [6, 6.07) is 7.42. The molecule has 2 aromatic heterocycles. The van der Waals surface area contributed by atoms with Crippen molar-refractivity contribution in [3.63, 3.8) is 0 Å². The van der Waals surface area contributed by atoms with Crippen LogP contribution in [0.4, 0.5) is 5.82 Å². The summed E-state index contributed by atoms with van der Waals surface area (Å²) in [6.45, 7) is 6.44. The third kappa shape index (κ3) is 3.15. The molecule has 0 radical (unpaired) electrons. The summed E-state index contributed by atoms with van der Waals surface area (Å²) in [7, 11) is 0. The topological polar surface area (TPSA) is 58.9 Å². The SMILES string of the molecule is Cc1cc(C)n(-c2ccc(NC3CCN(C4CCC4)CC3)nn2)n1. The van der Waals surface area contributed by atoms with Crippen LogP contribution in [0.25, 0.3) is 5.82 Å². The van der Waals surface area contributed by atoms with Crippen molar-refractivity contribution in [2.75, 3.05) is 18.4 Å². The quantitative estimate of drug-likeness (QED) is 0.936. The summed E-state index contributed by atoms with van der Waals surface area (Å²) in [5.74, 6) is 1.63. The van der Waals surface area contributed by atoms with E-state index in [1.807, 2.05) is 36.7 Å². The van der Waals surface area contributed by atoms with Gasteiger partial charge in [0, 0.05) is 30.9 Å². The zero-order valence-corrected chi connectivity index (χ0v) is 14.6. The van der Waals surface area contributed by atoms with Crippen LogP contribution >= 0.6 is 0 Å². The first kappa shape index (κ1) is 15.6. The molecule has 0 amide bonds. The van der Waals surface area contributed by atoms with Crippen LogP contribution in [0.15, 0.2) is 18.2 Å². The minimum atomic E-state index is 0.509. The van der Waals surface area contributed by atoms with Gasteiger partial charge in [0.05, 0.1) is 5.69 Å².